The first-order valence-electron chi connectivity index (χ1n) is 8.64. The van der Waals surface area contributed by atoms with Crippen LogP contribution in [-0.4, -0.2) is 22.1 Å². The van der Waals surface area contributed by atoms with Crippen molar-refractivity contribution in [1.29, 1.82) is 0 Å². The number of carbonyl (C=O) groups is 1. The molecule has 1 aromatic heterocycles. The van der Waals surface area contributed by atoms with Gasteiger partial charge in [0.25, 0.3) is 0 Å². The smallest absolute Gasteiger partial charge is 0.220 e. The second kappa shape index (κ2) is 6.24. The van der Waals surface area contributed by atoms with E-state index in [1.54, 1.807) is 0 Å². The summed E-state index contributed by atoms with van der Waals surface area (Å²) in [6.45, 7) is 3.41. The Morgan fingerprint density at radius 3 is 2.88 bits per heavy atom. The largest absolute Gasteiger partial charge is 0.491 e. The highest BCUT2D eigenvalue weighted by atomic mass is 16.5. The third-order valence-corrected chi connectivity index (χ3v) is 4.71. The summed E-state index contributed by atoms with van der Waals surface area (Å²) >= 11 is 0. The summed E-state index contributed by atoms with van der Waals surface area (Å²) in [5.41, 5.74) is 9.48. The fourth-order valence-corrected chi connectivity index (χ4v) is 3.40. The highest BCUT2D eigenvalue weighted by Gasteiger charge is 2.21. The average Bonchev–Trinajstić information content (AvgIpc) is 2.83. The highest BCUT2D eigenvalue weighted by Crippen LogP contribution is 2.34. The fourth-order valence-electron chi connectivity index (χ4n) is 3.40. The first-order chi connectivity index (χ1) is 12.1. The van der Waals surface area contributed by atoms with Gasteiger partial charge in [-0.05, 0) is 30.5 Å². The van der Waals surface area contributed by atoms with Gasteiger partial charge in [-0.1, -0.05) is 37.3 Å². The molecule has 1 aliphatic heterocycles. The maximum absolute atomic E-state index is 11.4. The molecular weight excluding hydrogens is 314 g/mol. The first kappa shape index (κ1) is 15.7. The van der Waals surface area contributed by atoms with Crippen molar-refractivity contribution < 1.29 is 9.53 Å². The lowest BCUT2D eigenvalue weighted by Gasteiger charge is -2.10. The topological polar surface area (TPSA) is 70.1 Å². The van der Waals surface area contributed by atoms with Gasteiger partial charge in [-0.25, -0.2) is 4.98 Å². The minimum atomic E-state index is -0.289. The molecule has 2 N–H and O–H groups in total. The molecule has 1 amide bonds. The molecule has 0 bridgehead atoms. The summed E-state index contributed by atoms with van der Waals surface area (Å²) in [6, 6.07) is 14.3. The lowest BCUT2D eigenvalue weighted by Crippen LogP contribution is -2.22. The van der Waals surface area contributed by atoms with Crippen molar-refractivity contribution in [3.8, 4) is 17.1 Å². The van der Waals surface area contributed by atoms with Crippen molar-refractivity contribution >= 4 is 16.9 Å². The predicted octanol–water partition coefficient (Wildman–Crippen LogP) is 3.15. The molecule has 1 aliphatic rings. The Balaban J connectivity index is 1.87. The van der Waals surface area contributed by atoms with Crippen LogP contribution in [0.25, 0.3) is 22.4 Å². The zero-order valence-electron chi connectivity index (χ0n) is 14.2. The molecule has 128 valence electrons. The van der Waals surface area contributed by atoms with Gasteiger partial charge in [-0.3, -0.25) is 4.79 Å². The third kappa shape index (κ3) is 2.86. The van der Waals surface area contributed by atoms with Gasteiger partial charge < -0.3 is 15.0 Å². The Bertz CT molecular complexity index is 931. The molecule has 0 saturated heterocycles. The molecule has 0 spiro atoms. The number of imidazole rings is 1. The molecule has 2 aromatic carbocycles. The molecule has 4 rings (SSSR count). The van der Waals surface area contributed by atoms with Crippen molar-refractivity contribution in [2.75, 3.05) is 6.61 Å². The second-order valence-electron chi connectivity index (χ2n) is 6.62. The number of aryl methyl sites for hydroxylation is 1. The number of hydrogen-bond acceptors (Lipinski definition) is 3. The van der Waals surface area contributed by atoms with Crippen molar-refractivity contribution in [3.63, 3.8) is 0 Å². The van der Waals surface area contributed by atoms with Crippen LogP contribution in [0.4, 0.5) is 0 Å². The summed E-state index contributed by atoms with van der Waals surface area (Å²) in [4.78, 5) is 16.3. The molecule has 0 saturated carbocycles. The first-order valence-corrected chi connectivity index (χ1v) is 8.64. The lowest BCUT2D eigenvalue weighted by atomic mass is 10.00. The number of aromatic nitrogens is 2. The van der Waals surface area contributed by atoms with Crippen LogP contribution in [0.1, 0.15) is 18.9 Å². The normalized spacial score (nSPS) is 14.8. The Kier molecular flexibility index (Phi) is 3.92. The van der Waals surface area contributed by atoms with Gasteiger partial charge >= 0.3 is 0 Å². The highest BCUT2D eigenvalue weighted by molar-refractivity contribution is 5.87. The predicted molar refractivity (Wildman–Crippen MR) is 97.3 cm³/mol. The minimum absolute atomic E-state index is 0.217. The molecule has 0 fully saturated rings. The van der Waals surface area contributed by atoms with Crippen LogP contribution < -0.4 is 10.5 Å². The maximum Gasteiger partial charge on any atom is 0.220 e. The molecule has 25 heavy (non-hydrogen) atoms. The monoisotopic (exact) mass is 335 g/mol. The van der Waals surface area contributed by atoms with Gasteiger partial charge in [0.15, 0.2) is 0 Å². The second-order valence-corrected chi connectivity index (χ2v) is 6.62. The van der Waals surface area contributed by atoms with Crippen molar-refractivity contribution in [1.82, 2.24) is 9.55 Å². The van der Waals surface area contributed by atoms with Crippen LogP contribution >= 0.6 is 0 Å². The summed E-state index contributed by atoms with van der Waals surface area (Å²) in [6.07, 6.45) is 1.53. The third-order valence-electron chi connectivity index (χ3n) is 4.71. The Labute approximate surface area is 146 Å². The number of hydrogen-bond donors (Lipinski definition) is 1. The van der Waals surface area contributed by atoms with Crippen LogP contribution in [0, 0.1) is 5.92 Å². The number of primary amides is 1. The summed E-state index contributed by atoms with van der Waals surface area (Å²) in [5, 5.41) is 0. The quantitative estimate of drug-likeness (QED) is 0.796. The van der Waals surface area contributed by atoms with Crippen molar-refractivity contribution in [2.24, 2.45) is 11.7 Å². The average molecular weight is 335 g/mol. The van der Waals surface area contributed by atoms with Crippen LogP contribution in [-0.2, 0) is 17.8 Å². The van der Waals surface area contributed by atoms with E-state index in [0.29, 0.717) is 13.0 Å². The number of benzene rings is 2. The van der Waals surface area contributed by atoms with Crippen LogP contribution in [0.2, 0.25) is 0 Å². The number of ether oxygens (including phenoxy) is 1. The molecule has 0 unspecified atom stereocenters. The SMILES string of the molecule is C[C@H](Cc1cc2c3c(c1)nc(-c1ccccc1)n3CCCO2)C(N)=O. The number of nitrogens with zero attached hydrogens (tertiary/aromatic N) is 2. The number of rotatable bonds is 4. The summed E-state index contributed by atoms with van der Waals surface area (Å²) in [7, 11) is 0. The zero-order valence-corrected chi connectivity index (χ0v) is 14.2. The number of carbonyl (C=O) groups excluding carboxylic acids is 1. The minimum Gasteiger partial charge on any atom is -0.491 e. The molecular formula is C20H21N3O2. The van der Waals surface area contributed by atoms with E-state index in [2.05, 4.69) is 22.8 Å². The van der Waals surface area contributed by atoms with Crippen LogP contribution in [0.5, 0.6) is 5.75 Å². The van der Waals surface area contributed by atoms with E-state index in [0.717, 1.165) is 46.7 Å². The Morgan fingerprint density at radius 2 is 2.12 bits per heavy atom. The fraction of sp³-hybridized carbons (Fsp3) is 0.300. The maximum atomic E-state index is 11.4. The molecule has 5 heteroatoms. The summed E-state index contributed by atoms with van der Waals surface area (Å²) < 4.78 is 8.22. The van der Waals surface area contributed by atoms with Gasteiger partial charge in [0.1, 0.15) is 17.1 Å². The zero-order chi connectivity index (χ0) is 17.4. The van der Waals surface area contributed by atoms with E-state index in [4.69, 9.17) is 15.5 Å². The van der Waals surface area contributed by atoms with E-state index in [1.165, 1.54) is 0 Å². The van der Waals surface area contributed by atoms with Crippen LogP contribution in [0.3, 0.4) is 0 Å². The molecule has 2 heterocycles. The van der Waals surface area contributed by atoms with E-state index in [9.17, 15) is 4.79 Å². The van der Waals surface area contributed by atoms with Gasteiger partial charge in [0, 0.05) is 18.0 Å². The number of amides is 1. The van der Waals surface area contributed by atoms with Gasteiger partial charge in [-0.15, -0.1) is 0 Å². The van der Waals surface area contributed by atoms with E-state index in [-0.39, 0.29) is 11.8 Å². The van der Waals surface area contributed by atoms with E-state index >= 15 is 0 Å². The van der Waals surface area contributed by atoms with E-state index in [1.807, 2.05) is 31.2 Å². The van der Waals surface area contributed by atoms with Gasteiger partial charge in [0.05, 0.1) is 12.1 Å². The van der Waals surface area contributed by atoms with Crippen LogP contribution in [0.15, 0.2) is 42.5 Å². The van der Waals surface area contributed by atoms with Crippen molar-refractivity contribution in [2.45, 2.75) is 26.3 Å². The van der Waals surface area contributed by atoms with Gasteiger partial charge in [0.2, 0.25) is 5.91 Å². The lowest BCUT2D eigenvalue weighted by molar-refractivity contribution is -0.121. The Morgan fingerprint density at radius 1 is 1.32 bits per heavy atom. The Hall–Kier alpha value is -2.82. The number of nitrogens with two attached hydrogens (primary N) is 1. The molecule has 0 radical (unpaired) electrons. The summed E-state index contributed by atoms with van der Waals surface area (Å²) in [5.74, 6) is 1.30. The molecule has 1 atom stereocenters. The van der Waals surface area contributed by atoms with Gasteiger partial charge in [-0.2, -0.15) is 0 Å². The molecule has 5 nitrogen and oxygen atoms in total. The van der Waals surface area contributed by atoms with E-state index < -0.39 is 0 Å². The standard InChI is InChI=1S/C20H21N3O2/c1-13(19(21)24)10-14-11-16-18-17(12-14)25-9-5-8-23(18)20(22-16)15-6-3-2-4-7-15/h2-4,6-7,11-13H,5,8-10H2,1H3,(H2,21,24)/t13-/m1/s1. The molecule has 0 aliphatic carbocycles. The van der Waals surface area contributed by atoms with Crippen molar-refractivity contribution in [3.05, 3.63) is 48.0 Å². The molecule has 3 aromatic rings.